The fourth-order valence-electron chi connectivity index (χ4n) is 3.73. The van der Waals surface area contributed by atoms with E-state index in [0.717, 1.165) is 24.8 Å². The van der Waals surface area contributed by atoms with Crippen LogP contribution in [0.1, 0.15) is 28.8 Å². The molecular weight excluding hydrogens is 315 g/mol. The van der Waals surface area contributed by atoms with Gasteiger partial charge in [-0.1, -0.05) is 23.8 Å². The Kier molecular flexibility index (Phi) is 4.04. The summed E-state index contributed by atoms with van der Waals surface area (Å²) in [6.45, 7) is 2.11. The van der Waals surface area contributed by atoms with E-state index in [0.29, 0.717) is 0 Å². The normalized spacial score (nSPS) is 16.6. The van der Waals surface area contributed by atoms with Crippen molar-refractivity contribution in [1.82, 2.24) is 10.3 Å². The van der Waals surface area contributed by atoms with Crippen LogP contribution < -0.4 is 5.32 Å². The smallest absolute Gasteiger partial charge is 0.224 e. The minimum atomic E-state index is -0.280. The van der Waals surface area contributed by atoms with E-state index in [1.807, 2.05) is 0 Å². The van der Waals surface area contributed by atoms with E-state index in [9.17, 15) is 9.18 Å². The van der Waals surface area contributed by atoms with Crippen LogP contribution in [0.2, 0.25) is 0 Å². The lowest BCUT2D eigenvalue weighted by Crippen LogP contribution is -2.39. The first-order valence-corrected chi connectivity index (χ1v) is 8.72. The van der Waals surface area contributed by atoms with Gasteiger partial charge in [0.05, 0.1) is 6.42 Å². The van der Waals surface area contributed by atoms with Crippen LogP contribution in [0.5, 0.6) is 0 Å². The van der Waals surface area contributed by atoms with E-state index < -0.39 is 0 Å². The molecule has 1 aliphatic rings. The predicted octanol–water partition coefficient (Wildman–Crippen LogP) is 3.83. The maximum Gasteiger partial charge on any atom is 0.224 e. The molecule has 128 valence electrons. The SMILES string of the molecule is Cc1ccc2[nH]c3c(c2c1)CCC(NC(=O)Cc1ccc(F)cc1)C3. The molecule has 1 amide bonds. The van der Waals surface area contributed by atoms with Gasteiger partial charge >= 0.3 is 0 Å². The van der Waals surface area contributed by atoms with Crippen LogP contribution in [-0.2, 0) is 24.1 Å². The molecule has 1 atom stereocenters. The van der Waals surface area contributed by atoms with Gasteiger partial charge in [0.25, 0.3) is 0 Å². The average molecular weight is 336 g/mol. The number of hydrogen-bond acceptors (Lipinski definition) is 1. The van der Waals surface area contributed by atoms with Crippen molar-refractivity contribution in [3.05, 3.63) is 70.7 Å². The largest absolute Gasteiger partial charge is 0.358 e. The molecule has 2 N–H and O–H groups in total. The van der Waals surface area contributed by atoms with Crippen molar-refractivity contribution in [3.63, 3.8) is 0 Å². The van der Waals surface area contributed by atoms with E-state index in [1.54, 1.807) is 12.1 Å². The zero-order chi connectivity index (χ0) is 17.4. The van der Waals surface area contributed by atoms with Gasteiger partial charge in [-0.3, -0.25) is 4.79 Å². The number of rotatable bonds is 3. The lowest BCUT2D eigenvalue weighted by molar-refractivity contribution is -0.121. The van der Waals surface area contributed by atoms with Gasteiger partial charge in [0.15, 0.2) is 0 Å². The Balaban J connectivity index is 1.44. The third-order valence-corrected chi connectivity index (χ3v) is 4.99. The average Bonchev–Trinajstić information content (AvgIpc) is 2.94. The highest BCUT2D eigenvalue weighted by atomic mass is 19.1. The lowest BCUT2D eigenvalue weighted by atomic mass is 9.91. The summed E-state index contributed by atoms with van der Waals surface area (Å²) in [6.07, 6.45) is 3.04. The van der Waals surface area contributed by atoms with Gasteiger partial charge in [0.2, 0.25) is 5.91 Å². The molecule has 0 bridgehead atoms. The maximum atomic E-state index is 12.9. The van der Waals surface area contributed by atoms with Gasteiger partial charge in [-0.2, -0.15) is 0 Å². The highest BCUT2D eigenvalue weighted by Crippen LogP contribution is 2.29. The van der Waals surface area contributed by atoms with Gasteiger partial charge in [0, 0.05) is 29.1 Å². The minimum Gasteiger partial charge on any atom is -0.358 e. The zero-order valence-electron chi connectivity index (χ0n) is 14.2. The molecule has 4 heteroatoms. The number of benzene rings is 2. The molecule has 25 heavy (non-hydrogen) atoms. The predicted molar refractivity (Wildman–Crippen MR) is 97.1 cm³/mol. The van der Waals surface area contributed by atoms with Crippen LogP contribution >= 0.6 is 0 Å². The van der Waals surface area contributed by atoms with Crippen LogP contribution in [0.4, 0.5) is 4.39 Å². The lowest BCUT2D eigenvalue weighted by Gasteiger charge is -2.23. The molecule has 0 aliphatic heterocycles. The van der Waals surface area contributed by atoms with Gasteiger partial charge in [-0.25, -0.2) is 4.39 Å². The summed E-state index contributed by atoms with van der Waals surface area (Å²) in [5.74, 6) is -0.287. The summed E-state index contributed by atoms with van der Waals surface area (Å²) in [6, 6.07) is 12.7. The van der Waals surface area contributed by atoms with E-state index >= 15 is 0 Å². The number of amides is 1. The van der Waals surface area contributed by atoms with Crippen molar-refractivity contribution in [3.8, 4) is 0 Å². The van der Waals surface area contributed by atoms with Crippen LogP contribution in [0, 0.1) is 12.7 Å². The molecule has 3 nitrogen and oxygen atoms in total. The molecule has 0 saturated carbocycles. The second-order valence-electron chi connectivity index (χ2n) is 6.94. The molecule has 4 rings (SSSR count). The highest BCUT2D eigenvalue weighted by molar-refractivity contribution is 5.86. The molecule has 1 heterocycles. The second kappa shape index (κ2) is 6.36. The number of carbonyl (C=O) groups is 1. The summed E-state index contributed by atoms with van der Waals surface area (Å²) >= 11 is 0. The monoisotopic (exact) mass is 336 g/mol. The Morgan fingerprint density at radius 1 is 1.24 bits per heavy atom. The molecule has 0 spiro atoms. The molecule has 0 saturated heterocycles. The topological polar surface area (TPSA) is 44.9 Å². The molecule has 1 aromatic heterocycles. The summed E-state index contributed by atoms with van der Waals surface area (Å²) in [5, 5.41) is 4.44. The number of aromatic nitrogens is 1. The Labute approximate surface area is 146 Å². The Hall–Kier alpha value is -2.62. The van der Waals surface area contributed by atoms with Crippen LogP contribution in [0.15, 0.2) is 42.5 Å². The van der Waals surface area contributed by atoms with E-state index in [2.05, 4.69) is 35.4 Å². The first kappa shape index (κ1) is 15.9. The van der Waals surface area contributed by atoms with Crippen molar-refractivity contribution in [2.24, 2.45) is 0 Å². The third kappa shape index (κ3) is 3.29. The number of nitrogens with one attached hydrogen (secondary N) is 2. The molecule has 1 aliphatic carbocycles. The van der Waals surface area contributed by atoms with Gasteiger partial charge in [-0.15, -0.1) is 0 Å². The molecule has 1 unspecified atom stereocenters. The van der Waals surface area contributed by atoms with Crippen LogP contribution in [0.3, 0.4) is 0 Å². The van der Waals surface area contributed by atoms with Gasteiger partial charge in [-0.05, 0) is 55.2 Å². The quantitative estimate of drug-likeness (QED) is 0.750. The molecular formula is C21H21FN2O. The fraction of sp³-hybridized carbons (Fsp3) is 0.286. The van der Waals surface area contributed by atoms with E-state index in [4.69, 9.17) is 0 Å². The summed E-state index contributed by atoms with van der Waals surface area (Å²) in [5.41, 5.74) is 5.90. The van der Waals surface area contributed by atoms with E-state index in [1.165, 1.54) is 39.9 Å². The Morgan fingerprint density at radius 3 is 2.84 bits per heavy atom. The van der Waals surface area contributed by atoms with Crippen LogP contribution in [-0.4, -0.2) is 16.9 Å². The number of aromatic amines is 1. The first-order chi connectivity index (χ1) is 12.1. The van der Waals surface area contributed by atoms with Crippen molar-refractivity contribution < 1.29 is 9.18 Å². The fourth-order valence-corrected chi connectivity index (χ4v) is 3.73. The number of halogens is 1. The number of H-pyrrole nitrogens is 1. The van der Waals surface area contributed by atoms with Crippen molar-refractivity contribution in [2.75, 3.05) is 0 Å². The summed E-state index contributed by atoms with van der Waals surface area (Å²) in [7, 11) is 0. The molecule has 0 radical (unpaired) electrons. The maximum absolute atomic E-state index is 12.9. The van der Waals surface area contributed by atoms with Crippen molar-refractivity contribution in [1.29, 1.82) is 0 Å². The summed E-state index contributed by atoms with van der Waals surface area (Å²) < 4.78 is 12.9. The Bertz CT molecular complexity index is 927. The standard InChI is InChI=1S/C21H21FN2O/c1-13-2-9-19-18(10-13)17-8-7-16(12-20(17)24-19)23-21(25)11-14-3-5-15(22)6-4-14/h2-6,9-10,16,24H,7-8,11-12H2,1H3,(H,23,25). The van der Waals surface area contributed by atoms with E-state index in [-0.39, 0.29) is 24.2 Å². The minimum absolute atomic E-state index is 0.00739. The van der Waals surface area contributed by atoms with Gasteiger partial charge < -0.3 is 10.3 Å². The Morgan fingerprint density at radius 2 is 2.04 bits per heavy atom. The van der Waals surface area contributed by atoms with Crippen molar-refractivity contribution >= 4 is 16.8 Å². The number of aryl methyl sites for hydroxylation is 2. The van der Waals surface area contributed by atoms with Crippen LogP contribution in [0.25, 0.3) is 10.9 Å². The summed E-state index contributed by atoms with van der Waals surface area (Å²) in [4.78, 5) is 15.8. The zero-order valence-corrected chi connectivity index (χ0v) is 14.2. The second-order valence-corrected chi connectivity index (χ2v) is 6.94. The number of carbonyl (C=O) groups excluding carboxylic acids is 1. The molecule has 2 aromatic carbocycles. The third-order valence-electron chi connectivity index (χ3n) is 4.99. The number of hydrogen-bond donors (Lipinski definition) is 2. The first-order valence-electron chi connectivity index (χ1n) is 8.72. The number of fused-ring (bicyclic) bond motifs is 3. The molecule has 3 aromatic rings. The molecule has 0 fully saturated rings. The van der Waals surface area contributed by atoms with Gasteiger partial charge in [0.1, 0.15) is 5.82 Å². The highest BCUT2D eigenvalue weighted by Gasteiger charge is 2.23. The van der Waals surface area contributed by atoms with Crippen molar-refractivity contribution in [2.45, 2.75) is 38.6 Å².